The number of dihydropyridines is 1. The molecule has 0 radical (unpaired) electrons. The molecule has 1 aliphatic rings. The van der Waals surface area contributed by atoms with Gasteiger partial charge < -0.3 is 14.8 Å². The number of hydrogen-bond donors (Lipinski definition) is 1. The number of hydrogen-bond acceptors (Lipinski definition) is 7. The summed E-state index contributed by atoms with van der Waals surface area (Å²) in [4.78, 5) is 35.7. The molecule has 1 aliphatic heterocycles. The minimum Gasteiger partial charge on any atom is -0.466 e. The van der Waals surface area contributed by atoms with Crippen molar-refractivity contribution in [3.05, 3.63) is 62.5 Å². The van der Waals surface area contributed by atoms with E-state index in [0.29, 0.717) is 17.0 Å². The Bertz CT molecular complexity index is 806. The summed E-state index contributed by atoms with van der Waals surface area (Å²) in [5.41, 5.74) is 1.40. The molecule has 0 saturated carbocycles. The fourth-order valence-electron chi connectivity index (χ4n) is 2.97. The summed E-state index contributed by atoms with van der Waals surface area (Å²) in [6, 6.07) is 5.71. The van der Waals surface area contributed by atoms with Crippen molar-refractivity contribution in [3.63, 3.8) is 0 Å². The Labute approximate surface area is 152 Å². The standard InChI is InChI=1S/C18H20N2O6/c1-5-26-18(22)15-11(3)19-10(2)14(17(21)25-4)16(15)12-7-6-8-13(9-12)20(23)24/h6-9,16,19H,5H2,1-4H3/i4T. The van der Waals surface area contributed by atoms with Crippen molar-refractivity contribution in [1.82, 2.24) is 5.32 Å². The number of benzene rings is 1. The quantitative estimate of drug-likeness (QED) is 0.487. The van der Waals surface area contributed by atoms with Crippen molar-refractivity contribution in [2.75, 3.05) is 13.7 Å². The number of carbonyl (C=O) groups excluding carboxylic acids is 2. The molecule has 1 unspecified atom stereocenters. The number of methoxy groups -OCH3 is 1. The Morgan fingerprint density at radius 1 is 1.27 bits per heavy atom. The fourth-order valence-corrected chi connectivity index (χ4v) is 2.97. The van der Waals surface area contributed by atoms with Crippen LogP contribution in [0.1, 0.15) is 33.6 Å². The zero-order chi connectivity index (χ0) is 20.1. The number of nitrogens with zero attached hydrogens (tertiary/aromatic N) is 1. The van der Waals surface area contributed by atoms with E-state index in [-0.39, 0.29) is 23.4 Å². The number of nitro benzene ring substituents is 1. The predicted octanol–water partition coefficient (Wildman–Crippen LogP) is 2.57. The van der Waals surface area contributed by atoms with Crippen LogP contribution >= 0.6 is 0 Å². The number of nitro groups is 1. The molecule has 0 spiro atoms. The first-order valence-electron chi connectivity index (χ1n) is 8.58. The Morgan fingerprint density at radius 3 is 2.50 bits per heavy atom. The van der Waals surface area contributed by atoms with Crippen molar-refractivity contribution >= 4 is 17.6 Å². The SMILES string of the molecule is [3H]COC(=O)C1=C(C)NC(C)=C(C(=O)OCC)C1c1cccc([N+](=O)[O-])c1. The number of allylic oxidation sites excluding steroid dienone is 2. The summed E-state index contributed by atoms with van der Waals surface area (Å²) < 4.78 is 17.1. The largest absolute Gasteiger partial charge is 0.466 e. The minimum atomic E-state index is -0.913. The predicted molar refractivity (Wildman–Crippen MR) is 93.0 cm³/mol. The summed E-state index contributed by atoms with van der Waals surface area (Å²) in [6.45, 7) is 5.08. The third kappa shape index (κ3) is 3.58. The maximum Gasteiger partial charge on any atom is 0.336 e. The van der Waals surface area contributed by atoms with E-state index in [2.05, 4.69) is 5.32 Å². The number of carbonyl (C=O) groups is 2. The summed E-state index contributed by atoms with van der Waals surface area (Å²) >= 11 is 0. The maximum atomic E-state index is 12.6. The zero-order valence-corrected chi connectivity index (χ0v) is 14.7. The van der Waals surface area contributed by atoms with Gasteiger partial charge in [0.1, 0.15) is 0 Å². The van der Waals surface area contributed by atoms with Crippen LogP contribution in [-0.4, -0.2) is 30.6 Å². The molecule has 8 heteroatoms. The van der Waals surface area contributed by atoms with Gasteiger partial charge in [-0.2, -0.15) is 0 Å². The number of ether oxygens (including phenoxy) is 2. The lowest BCUT2D eigenvalue weighted by atomic mass is 9.80. The van der Waals surface area contributed by atoms with E-state index in [9.17, 15) is 19.7 Å². The maximum absolute atomic E-state index is 12.6. The second kappa shape index (κ2) is 7.81. The summed E-state index contributed by atoms with van der Waals surface area (Å²) in [5.74, 6) is -2.33. The summed E-state index contributed by atoms with van der Waals surface area (Å²) in [6.07, 6.45) is 0. The molecule has 1 heterocycles. The Kier molecular flexibility index (Phi) is 5.31. The van der Waals surface area contributed by atoms with Gasteiger partial charge in [0.25, 0.3) is 5.69 Å². The van der Waals surface area contributed by atoms with Gasteiger partial charge in [0.2, 0.25) is 0 Å². The minimum absolute atomic E-state index is 0.108. The van der Waals surface area contributed by atoms with E-state index in [0.717, 1.165) is 0 Å². The van der Waals surface area contributed by atoms with Crippen molar-refractivity contribution in [2.45, 2.75) is 26.7 Å². The molecule has 26 heavy (non-hydrogen) atoms. The van der Waals surface area contributed by atoms with Crippen LogP contribution in [0.25, 0.3) is 0 Å². The third-order valence-corrected chi connectivity index (χ3v) is 4.02. The van der Waals surface area contributed by atoms with Crippen LogP contribution in [0.2, 0.25) is 0 Å². The van der Waals surface area contributed by atoms with E-state index >= 15 is 0 Å². The second-order valence-electron chi connectivity index (χ2n) is 5.64. The molecule has 0 amide bonds. The van der Waals surface area contributed by atoms with Crippen molar-refractivity contribution in [3.8, 4) is 0 Å². The van der Waals surface area contributed by atoms with Gasteiger partial charge in [0, 0.05) is 23.5 Å². The molecule has 0 aliphatic carbocycles. The van der Waals surface area contributed by atoms with Gasteiger partial charge in [-0.25, -0.2) is 9.59 Å². The lowest BCUT2D eigenvalue weighted by Crippen LogP contribution is -2.32. The normalized spacial score (nSPS) is 17.3. The summed E-state index contributed by atoms with van der Waals surface area (Å²) in [5, 5.41) is 14.1. The van der Waals surface area contributed by atoms with Gasteiger partial charge in [-0.05, 0) is 26.3 Å². The number of nitrogens with one attached hydrogen (secondary N) is 1. The molecular weight excluding hydrogens is 340 g/mol. The van der Waals surface area contributed by atoms with Gasteiger partial charge in [-0.3, -0.25) is 10.1 Å². The van der Waals surface area contributed by atoms with E-state index in [1.165, 1.54) is 18.2 Å². The molecule has 1 N–H and O–H groups in total. The van der Waals surface area contributed by atoms with Crippen molar-refractivity contribution in [1.29, 1.82) is 0 Å². The highest BCUT2D eigenvalue weighted by atomic mass is 16.6. The van der Waals surface area contributed by atoms with Crippen LogP contribution in [0.3, 0.4) is 0 Å². The molecule has 2 rings (SSSR count). The molecule has 1 aromatic rings. The van der Waals surface area contributed by atoms with Gasteiger partial charge in [-0.1, -0.05) is 12.1 Å². The Balaban J connectivity index is 2.68. The molecule has 8 nitrogen and oxygen atoms in total. The average Bonchev–Trinajstić information content (AvgIpc) is 2.61. The smallest absolute Gasteiger partial charge is 0.336 e. The van der Waals surface area contributed by atoms with E-state index in [1.807, 2.05) is 0 Å². The van der Waals surface area contributed by atoms with Crippen LogP contribution < -0.4 is 5.32 Å². The molecule has 1 aromatic carbocycles. The fraction of sp³-hybridized carbons (Fsp3) is 0.333. The van der Waals surface area contributed by atoms with E-state index in [4.69, 9.17) is 10.8 Å². The average molecular weight is 362 g/mol. The lowest BCUT2D eigenvalue weighted by Gasteiger charge is -2.30. The topological polar surface area (TPSA) is 108 Å². The van der Waals surface area contributed by atoms with Gasteiger partial charge in [0.05, 0.1) is 37.1 Å². The van der Waals surface area contributed by atoms with Crippen molar-refractivity contribution < 1.29 is 25.4 Å². The molecular formula is C18H20N2O6. The van der Waals surface area contributed by atoms with Gasteiger partial charge in [-0.15, -0.1) is 0 Å². The number of esters is 2. The molecule has 0 fully saturated rings. The second-order valence-corrected chi connectivity index (χ2v) is 5.64. The molecule has 0 bridgehead atoms. The summed E-state index contributed by atoms with van der Waals surface area (Å²) in [7, 11) is -0.589. The van der Waals surface area contributed by atoms with Crippen LogP contribution in [0.15, 0.2) is 46.8 Å². The zero-order valence-electron chi connectivity index (χ0n) is 15.7. The van der Waals surface area contributed by atoms with E-state index in [1.54, 1.807) is 26.8 Å². The van der Waals surface area contributed by atoms with Gasteiger partial charge in [0.15, 0.2) is 0 Å². The van der Waals surface area contributed by atoms with Crippen LogP contribution in [0, 0.1) is 10.1 Å². The highest BCUT2D eigenvalue weighted by Crippen LogP contribution is 2.40. The van der Waals surface area contributed by atoms with Gasteiger partial charge >= 0.3 is 11.9 Å². The van der Waals surface area contributed by atoms with E-state index < -0.39 is 29.9 Å². The first kappa shape index (κ1) is 17.7. The monoisotopic (exact) mass is 362 g/mol. The first-order valence-corrected chi connectivity index (χ1v) is 7.88. The molecule has 138 valence electrons. The molecule has 1 atom stereocenters. The Morgan fingerprint density at radius 2 is 1.92 bits per heavy atom. The first-order chi connectivity index (χ1) is 12.8. The number of non-ortho nitro benzene ring substituents is 1. The highest BCUT2D eigenvalue weighted by molar-refractivity contribution is 5.99. The van der Waals surface area contributed by atoms with Crippen molar-refractivity contribution in [2.24, 2.45) is 0 Å². The highest BCUT2D eigenvalue weighted by Gasteiger charge is 2.38. The number of rotatable bonds is 5. The van der Waals surface area contributed by atoms with Crippen LogP contribution in [-0.2, 0) is 19.1 Å². The molecule has 0 aromatic heterocycles. The van der Waals surface area contributed by atoms with Crippen LogP contribution in [0.5, 0.6) is 0 Å². The Hall–Kier alpha value is -3.16. The lowest BCUT2D eigenvalue weighted by molar-refractivity contribution is -0.384. The van der Waals surface area contributed by atoms with Crippen LogP contribution in [0.4, 0.5) is 5.69 Å². The third-order valence-electron chi connectivity index (χ3n) is 4.02. The molecule has 0 saturated heterocycles.